The van der Waals surface area contributed by atoms with Gasteiger partial charge < -0.3 is 10.3 Å². The number of amides is 1. The van der Waals surface area contributed by atoms with Gasteiger partial charge in [-0.3, -0.25) is 9.48 Å². The topological polar surface area (TPSA) is 101 Å². The Kier molecular flexibility index (Phi) is 4.93. The number of rotatable bonds is 5. The van der Waals surface area contributed by atoms with Gasteiger partial charge in [-0.25, -0.2) is 19.3 Å². The van der Waals surface area contributed by atoms with Gasteiger partial charge in [0.1, 0.15) is 23.5 Å². The van der Waals surface area contributed by atoms with Gasteiger partial charge in [-0.15, -0.1) is 0 Å². The molecular formula is C22H22FN7O. The monoisotopic (exact) mass is 419 g/mol. The van der Waals surface area contributed by atoms with Crippen molar-refractivity contribution < 1.29 is 9.18 Å². The molecule has 31 heavy (non-hydrogen) atoms. The molecule has 3 aromatic heterocycles. The smallest absolute Gasteiger partial charge is 0.272 e. The molecule has 1 saturated carbocycles. The van der Waals surface area contributed by atoms with Gasteiger partial charge in [0.05, 0.1) is 6.20 Å². The lowest BCUT2D eigenvalue weighted by atomic mass is 10.1. The molecule has 2 N–H and O–H groups in total. The summed E-state index contributed by atoms with van der Waals surface area (Å²) in [5.41, 5.74) is 3.43. The molecule has 1 fully saturated rings. The number of hydrogen-bond acceptors (Lipinski definition) is 5. The molecule has 9 heteroatoms. The van der Waals surface area contributed by atoms with Crippen molar-refractivity contribution in [2.75, 3.05) is 0 Å². The van der Waals surface area contributed by atoms with Crippen molar-refractivity contribution in [3.8, 4) is 11.1 Å². The molecule has 3 heterocycles. The second kappa shape index (κ2) is 7.90. The zero-order chi connectivity index (χ0) is 21.4. The summed E-state index contributed by atoms with van der Waals surface area (Å²) in [5, 5.41) is 6.96. The molecule has 4 aromatic rings. The van der Waals surface area contributed by atoms with Gasteiger partial charge in [0.15, 0.2) is 11.3 Å². The number of aryl methyl sites for hydroxylation is 1. The predicted molar refractivity (Wildman–Crippen MR) is 113 cm³/mol. The molecule has 0 aliphatic heterocycles. The summed E-state index contributed by atoms with van der Waals surface area (Å²) in [5.74, 6) is 0.516. The third kappa shape index (κ3) is 3.90. The molecule has 8 nitrogen and oxygen atoms in total. The number of aromatic nitrogens is 6. The molecule has 1 aliphatic carbocycles. The number of H-pyrrole nitrogens is 1. The zero-order valence-electron chi connectivity index (χ0n) is 17.1. The maximum Gasteiger partial charge on any atom is 0.272 e. The molecule has 1 aromatic carbocycles. The number of aromatic amines is 1. The summed E-state index contributed by atoms with van der Waals surface area (Å²) in [6, 6.07) is 4.69. The lowest BCUT2D eigenvalue weighted by Gasteiger charge is -2.08. The minimum atomic E-state index is -0.371. The maximum absolute atomic E-state index is 14.2. The number of benzene rings is 1. The van der Waals surface area contributed by atoms with E-state index in [0.29, 0.717) is 28.2 Å². The highest BCUT2D eigenvalue weighted by Crippen LogP contribution is 2.33. The van der Waals surface area contributed by atoms with Crippen LogP contribution in [-0.4, -0.2) is 35.6 Å². The highest BCUT2D eigenvalue weighted by Gasteiger charge is 2.23. The fourth-order valence-electron chi connectivity index (χ4n) is 4.17. The van der Waals surface area contributed by atoms with Crippen LogP contribution in [0.25, 0.3) is 22.3 Å². The third-order valence-electron chi connectivity index (χ3n) is 5.71. The van der Waals surface area contributed by atoms with Crippen LogP contribution in [0.2, 0.25) is 0 Å². The van der Waals surface area contributed by atoms with Crippen LogP contribution >= 0.6 is 0 Å². The Morgan fingerprint density at radius 2 is 2.06 bits per heavy atom. The van der Waals surface area contributed by atoms with Crippen LogP contribution in [0.4, 0.5) is 4.39 Å². The standard InChI is InChI=1S/C22H22FN7O/c1-30-11-16(10-27-30)15-6-13(7-17(23)8-15)9-24-22(31)19-18-21(26-12-25-19)29-20(28-18)14-4-2-3-5-14/h6-8,10-12,14H,2-5,9H2,1H3,(H,24,31)(H,25,26,28,29). The van der Waals surface area contributed by atoms with Gasteiger partial charge in [0, 0.05) is 31.3 Å². The molecule has 1 amide bonds. The Balaban J connectivity index is 1.36. The lowest BCUT2D eigenvalue weighted by molar-refractivity contribution is 0.0947. The molecule has 0 atom stereocenters. The number of halogens is 1. The first-order chi connectivity index (χ1) is 15.1. The quantitative estimate of drug-likeness (QED) is 0.516. The third-order valence-corrected chi connectivity index (χ3v) is 5.71. The molecule has 5 rings (SSSR count). The number of fused-ring (bicyclic) bond motifs is 1. The normalized spacial score (nSPS) is 14.4. The van der Waals surface area contributed by atoms with Crippen molar-refractivity contribution in [2.45, 2.75) is 38.1 Å². The van der Waals surface area contributed by atoms with Crippen LogP contribution in [0.15, 0.2) is 36.9 Å². The van der Waals surface area contributed by atoms with Crippen LogP contribution in [0, 0.1) is 5.82 Å². The SMILES string of the molecule is Cn1cc(-c2cc(F)cc(CNC(=O)c3ncnc4nc(C5CCCC5)[nH]c34)c2)cn1. The van der Waals surface area contributed by atoms with E-state index in [-0.39, 0.29) is 24.0 Å². The van der Waals surface area contributed by atoms with Crippen LogP contribution < -0.4 is 5.32 Å². The van der Waals surface area contributed by atoms with Crippen LogP contribution in [0.5, 0.6) is 0 Å². The molecular weight excluding hydrogens is 397 g/mol. The molecule has 0 radical (unpaired) electrons. The predicted octanol–water partition coefficient (Wildman–Crippen LogP) is 3.48. The van der Waals surface area contributed by atoms with Crippen LogP contribution in [0.3, 0.4) is 0 Å². The maximum atomic E-state index is 14.2. The average molecular weight is 419 g/mol. The second-order valence-electron chi connectivity index (χ2n) is 7.96. The van der Waals surface area contributed by atoms with E-state index in [2.05, 4.69) is 30.4 Å². The van der Waals surface area contributed by atoms with Gasteiger partial charge in [0.25, 0.3) is 5.91 Å². The second-order valence-corrected chi connectivity index (χ2v) is 7.96. The van der Waals surface area contributed by atoms with E-state index >= 15 is 0 Å². The Bertz CT molecular complexity index is 1260. The van der Waals surface area contributed by atoms with Crippen molar-refractivity contribution >= 4 is 17.1 Å². The highest BCUT2D eigenvalue weighted by atomic mass is 19.1. The van der Waals surface area contributed by atoms with E-state index in [4.69, 9.17) is 0 Å². The van der Waals surface area contributed by atoms with Crippen molar-refractivity contribution in [3.05, 3.63) is 59.8 Å². The van der Waals surface area contributed by atoms with Crippen molar-refractivity contribution in [3.63, 3.8) is 0 Å². The van der Waals surface area contributed by atoms with Gasteiger partial charge in [-0.05, 0) is 42.2 Å². The molecule has 0 bridgehead atoms. The zero-order valence-corrected chi connectivity index (χ0v) is 17.1. The Labute approximate surface area is 177 Å². The van der Waals surface area contributed by atoms with Crippen molar-refractivity contribution in [1.29, 1.82) is 0 Å². The summed E-state index contributed by atoms with van der Waals surface area (Å²) in [6.07, 6.45) is 9.40. The summed E-state index contributed by atoms with van der Waals surface area (Å²) in [7, 11) is 1.81. The number of nitrogens with zero attached hydrogens (tertiary/aromatic N) is 5. The highest BCUT2D eigenvalue weighted by molar-refractivity contribution is 6.02. The number of imidazole rings is 1. The van der Waals surface area contributed by atoms with E-state index in [1.54, 1.807) is 17.9 Å². The van der Waals surface area contributed by atoms with Gasteiger partial charge >= 0.3 is 0 Å². The first kappa shape index (κ1) is 19.3. The fourth-order valence-corrected chi connectivity index (χ4v) is 4.17. The minimum Gasteiger partial charge on any atom is -0.347 e. The number of carbonyl (C=O) groups is 1. The van der Waals surface area contributed by atoms with Gasteiger partial charge in [-0.2, -0.15) is 5.10 Å². The van der Waals surface area contributed by atoms with E-state index in [0.717, 1.165) is 24.2 Å². The summed E-state index contributed by atoms with van der Waals surface area (Å²) >= 11 is 0. The fraction of sp³-hybridized carbons (Fsp3) is 0.318. The molecule has 0 saturated heterocycles. The van der Waals surface area contributed by atoms with Crippen LogP contribution in [0.1, 0.15) is 53.5 Å². The average Bonchev–Trinajstić information content (AvgIpc) is 3.51. The van der Waals surface area contributed by atoms with Gasteiger partial charge in [-0.1, -0.05) is 12.8 Å². The first-order valence-corrected chi connectivity index (χ1v) is 10.3. The first-order valence-electron chi connectivity index (χ1n) is 10.3. The Morgan fingerprint density at radius 1 is 1.23 bits per heavy atom. The van der Waals surface area contributed by atoms with E-state index in [1.165, 1.54) is 31.3 Å². The summed E-state index contributed by atoms with van der Waals surface area (Å²) < 4.78 is 15.8. The number of carbonyl (C=O) groups excluding carboxylic acids is 1. The van der Waals surface area contributed by atoms with Crippen molar-refractivity contribution in [1.82, 2.24) is 35.0 Å². The van der Waals surface area contributed by atoms with Crippen molar-refractivity contribution in [2.24, 2.45) is 7.05 Å². The minimum absolute atomic E-state index is 0.166. The number of hydrogen-bond donors (Lipinski definition) is 2. The largest absolute Gasteiger partial charge is 0.347 e. The summed E-state index contributed by atoms with van der Waals surface area (Å²) in [4.78, 5) is 29.0. The summed E-state index contributed by atoms with van der Waals surface area (Å²) in [6.45, 7) is 0.166. The lowest BCUT2D eigenvalue weighted by Crippen LogP contribution is -2.24. The molecule has 1 aliphatic rings. The van der Waals surface area contributed by atoms with E-state index in [1.807, 2.05) is 12.3 Å². The molecule has 0 unspecified atom stereocenters. The van der Waals surface area contributed by atoms with Gasteiger partial charge in [0.2, 0.25) is 0 Å². The van der Waals surface area contributed by atoms with Crippen LogP contribution in [-0.2, 0) is 13.6 Å². The van der Waals surface area contributed by atoms with E-state index in [9.17, 15) is 9.18 Å². The molecule has 0 spiro atoms. The number of nitrogens with one attached hydrogen (secondary N) is 2. The Hall–Kier alpha value is -3.62. The van der Waals surface area contributed by atoms with E-state index < -0.39 is 0 Å². The Morgan fingerprint density at radius 3 is 2.84 bits per heavy atom. The molecule has 158 valence electrons.